The van der Waals surface area contributed by atoms with Gasteiger partial charge in [0.1, 0.15) is 12.1 Å². The lowest BCUT2D eigenvalue weighted by Gasteiger charge is -2.37. The lowest BCUT2D eigenvalue weighted by molar-refractivity contribution is -0.142. The Hall–Kier alpha value is -4.24. The third-order valence-corrected chi connectivity index (χ3v) is 15.0. The normalized spacial score (nSPS) is 17.8. The fourth-order valence-electron chi connectivity index (χ4n) is 9.61. The minimum absolute atomic E-state index is 0.0701. The molecule has 6 amide bonds. The summed E-state index contributed by atoms with van der Waals surface area (Å²) in [4.78, 5) is 90.1. The third-order valence-electron chi connectivity index (χ3n) is 14.5. The minimum atomic E-state index is -0.710. The lowest BCUT2D eigenvalue weighted by atomic mass is 9.85. The number of unbranched alkanes of at least 4 members (excludes halogenated alkanes) is 5. The maximum Gasteiger partial charge on any atom is 0.246 e. The van der Waals surface area contributed by atoms with E-state index in [1.807, 2.05) is 110 Å². The number of hydrogen-bond acceptors (Lipinski definition) is 8. The predicted molar refractivity (Wildman–Crippen MR) is 290 cm³/mol. The first-order valence-corrected chi connectivity index (χ1v) is 27.4. The fraction of sp³-hybridized carbons (Fsp3) is 0.679. The predicted octanol–water partition coefficient (Wildman–Crippen LogP) is 7.82. The first-order valence-electron chi connectivity index (χ1n) is 26.6. The zero-order chi connectivity index (χ0) is 53.2. The van der Waals surface area contributed by atoms with Crippen LogP contribution in [0.2, 0.25) is 10.0 Å². The molecule has 2 saturated heterocycles. The molecule has 0 unspecified atom stereocenters. The van der Waals surface area contributed by atoms with Gasteiger partial charge < -0.3 is 40.9 Å². The molecule has 2 aromatic carbocycles. The maximum atomic E-state index is 14.2. The van der Waals surface area contributed by atoms with Gasteiger partial charge in [-0.2, -0.15) is 0 Å². The number of hydrogen-bond donors (Lipinski definition) is 4. The molecule has 4 N–H and O–H groups in total. The molecule has 72 heavy (non-hydrogen) atoms. The van der Waals surface area contributed by atoms with Crippen molar-refractivity contribution in [2.24, 2.45) is 10.8 Å². The van der Waals surface area contributed by atoms with E-state index in [0.717, 1.165) is 75.3 Å². The topological polar surface area (TPSA) is 163 Å². The SMILES string of the molecule is CN[C@@H](C)C(=O)N[C@H](C(=O)N1CCC[C@@H]1CN(CCc1ccc(Cl)cc1)C(=O)CCCCCCCCC(=O)N(CCc1ccc(Cl)cc1)C[C@@H]1CCCN1C(=O)[C@@H](NC(=O)[C@H](C)NC)C(C)(C)C)C(C)(C)C. The Kier molecular flexibility index (Phi) is 24.3. The van der Waals surface area contributed by atoms with Crippen molar-refractivity contribution in [1.29, 1.82) is 0 Å². The van der Waals surface area contributed by atoms with Crippen LogP contribution in [0.4, 0.5) is 0 Å². The van der Waals surface area contributed by atoms with Gasteiger partial charge in [-0.3, -0.25) is 28.8 Å². The zero-order valence-electron chi connectivity index (χ0n) is 45.2. The van der Waals surface area contributed by atoms with Crippen LogP contribution in [0.25, 0.3) is 0 Å². The van der Waals surface area contributed by atoms with Crippen LogP contribution in [0, 0.1) is 10.8 Å². The van der Waals surface area contributed by atoms with Crippen molar-refractivity contribution in [2.45, 2.75) is 182 Å². The number of nitrogens with one attached hydrogen (secondary N) is 4. The summed E-state index contributed by atoms with van der Waals surface area (Å²) in [6, 6.07) is 12.8. The van der Waals surface area contributed by atoms with Gasteiger partial charge in [-0.05, 0) is 126 Å². The van der Waals surface area contributed by atoms with Crippen molar-refractivity contribution >= 4 is 58.6 Å². The number of rotatable bonds is 27. The molecule has 0 radical (unpaired) electrons. The Morgan fingerprint density at radius 3 is 1.22 bits per heavy atom. The highest BCUT2D eigenvalue weighted by atomic mass is 35.5. The van der Waals surface area contributed by atoms with Crippen LogP contribution in [-0.2, 0) is 41.6 Å². The smallest absolute Gasteiger partial charge is 0.246 e. The molecule has 0 bridgehead atoms. The van der Waals surface area contributed by atoms with Crippen molar-refractivity contribution in [3.63, 3.8) is 0 Å². The number of benzene rings is 2. The van der Waals surface area contributed by atoms with Crippen molar-refractivity contribution < 1.29 is 28.8 Å². The van der Waals surface area contributed by atoms with Crippen molar-refractivity contribution in [3.05, 3.63) is 69.7 Å². The fourth-order valence-corrected chi connectivity index (χ4v) is 9.86. The number of amides is 6. The summed E-state index contributed by atoms with van der Waals surface area (Å²) in [7, 11) is 3.44. The zero-order valence-corrected chi connectivity index (χ0v) is 46.7. The molecule has 0 aromatic heterocycles. The van der Waals surface area contributed by atoms with Crippen LogP contribution in [0.5, 0.6) is 0 Å². The van der Waals surface area contributed by atoms with Gasteiger partial charge in [0.25, 0.3) is 0 Å². The number of nitrogens with zero attached hydrogens (tertiary/aromatic N) is 4. The summed E-state index contributed by atoms with van der Waals surface area (Å²) in [5, 5.41) is 13.3. The van der Waals surface area contributed by atoms with E-state index in [2.05, 4.69) is 21.3 Å². The van der Waals surface area contributed by atoms with Crippen LogP contribution < -0.4 is 21.3 Å². The Morgan fingerprint density at radius 1 is 0.569 bits per heavy atom. The number of carbonyl (C=O) groups is 6. The average Bonchev–Trinajstić information content (AvgIpc) is 4.02. The molecule has 2 aromatic rings. The molecule has 2 fully saturated rings. The van der Waals surface area contributed by atoms with Gasteiger partial charge in [0.2, 0.25) is 35.4 Å². The quantitative estimate of drug-likeness (QED) is 0.0659. The van der Waals surface area contributed by atoms with E-state index in [0.29, 0.717) is 75.0 Å². The summed E-state index contributed by atoms with van der Waals surface area (Å²) in [5.41, 5.74) is 1.13. The maximum absolute atomic E-state index is 14.2. The van der Waals surface area contributed by atoms with Gasteiger partial charge in [-0.15, -0.1) is 0 Å². The summed E-state index contributed by atoms with van der Waals surface area (Å²) < 4.78 is 0. The van der Waals surface area contributed by atoms with E-state index in [1.54, 1.807) is 27.9 Å². The Labute approximate surface area is 441 Å². The van der Waals surface area contributed by atoms with Crippen molar-refractivity contribution in [1.82, 2.24) is 40.9 Å². The molecule has 0 saturated carbocycles. The van der Waals surface area contributed by atoms with E-state index < -0.39 is 35.0 Å². The molecule has 402 valence electrons. The number of halogens is 2. The monoisotopic (exact) mass is 1040 g/mol. The third kappa shape index (κ3) is 18.9. The Balaban J connectivity index is 1.33. The van der Waals surface area contributed by atoms with Gasteiger partial charge in [-0.25, -0.2) is 0 Å². The molecular formula is C56H88Cl2N8O6. The van der Waals surface area contributed by atoms with Crippen LogP contribution >= 0.6 is 23.2 Å². The largest absolute Gasteiger partial charge is 0.342 e. The second kappa shape index (κ2) is 29.0. The van der Waals surface area contributed by atoms with Crippen molar-refractivity contribution in [2.75, 3.05) is 53.4 Å². The van der Waals surface area contributed by atoms with Crippen LogP contribution in [0.3, 0.4) is 0 Å². The molecule has 0 aliphatic carbocycles. The second-order valence-electron chi connectivity index (χ2n) is 22.3. The molecule has 2 aliphatic rings. The standard InChI is InChI=1S/C56H88Cl2N8O6/c1-39(59-9)51(69)61-49(55(3,4)5)53(71)65-33-17-19-45(65)37-63(35-31-41-23-27-43(57)28-24-41)47(67)21-15-13-11-12-14-16-22-48(68)64(36-32-42-25-29-44(58)30-26-42)38-46-20-18-34-66(46)54(72)50(56(6,7)8)62-52(70)40(2)60-10/h23-30,39-40,45-46,49-50,59-60H,11-22,31-38H2,1-10H3,(H,61,69)(H,62,70)/t39-,40-,45-,46+,49+,50+/m0/s1. The lowest BCUT2D eigenvalue weighted by Crippen LogP contribution is -2.59. The highest BCUT2D eigenvalue weighted by Crippen LogP contribution is 2.29. The van der Waals surface area contributed by atoms with E-state index in [9.17, 15) is 28.8 Å². The second-order valence-corrected chi connectivity index (χ2v) is 23.2. The van der Waals surface area contributed by atoms with Crippen LogP contribution in [0.1, 0.15) is 144 Å². The number of likely N-dealkylation sites (tertiary alicyclic amines) is 2. The molecule has 6 atom stereocenters. The first kappa shape index (κ1) is 60.3. The average molecular weight is 1040 g/mol. The molecule has 14 nitrogen and oxygen atoms in total. The van der Waals surface area contributed by atoms with E-state index in [1.165, 1.54) is 0 Å². The van der Waals surface area contributed by atoms with Gasteiger partial charge >= 0.3 is 0 Å². The minimum Gasteiger partial charge on any atom is -0.342 e. The van der Waals surface area contributed by atoms with Crippen LogP contribution in [-0.4, -0.2) is 145 Å². The van der Waals surface area contributed by atoms with Gasteiger partial charge in [0.15, 0.2) is 0 Å². The van der Waals surface area contributed by atoms with Crippen LogP contribution in [0.15, 0.2) is 48.5 Å². The van der Waals surface area contributed by atoms with E-state index in [-0.39, 0.29) is 47.5 Å². The Bertz CT molecular complexity index is 1910. The molecule has 2 heterocycles. The van der Waals surface area contributed by atoms with Gasteiger partial charge in [0, 0.05) is 74.2 Å². The summed E-state index contributed by atoms with van der Waals surface area (Å²) >= 11 is 12.4. The number of likely N-dealkylation sites (N-methyl/N-ethyl adjacent to an activating group) is 2. The summed E-state index contributed by atoms with van der Waals surface area (Å²) in [6.07, 6.45) is 10.5. The number of carbonyl (C=O) groups excluding carboxylic acids is 6. The molecule has 2 aliphatic heterocycles. The van der Waals surface area contributed by atoms with E-state index in [4.69, 9.17) is 23.2 Å². The highest BCUT2D eigenvalue weighted by Gasteiger charge is 2.42. The molecular weight excluding hydrogens is 952 g/mol. The Morgan fingerprint density at radius 2 is 0.903 bits per heavy atom. The first-order chi connectivity index (χ1) is 34.0. The molecule has 16 heteroatoms. The highest BCUT2D eigenvalue weighted by molar-refractivity contribution is 6.30. The van der Waals surface area contributed by atoms with Gasteiger partial charge in [0.05, 0.1) is 12.1 Å². The molecule has 4 rings (SSSR count). The van der Waals surface area contributed by atoms with Crippen molar-refractivity contribution in [3.8, 4) is 0 Å². The summed E-state index contributed by atoms with van der Waals surface area (Å²) in [6.45, 7) is 18.4. The molecule has 0 spiro atoms. The summed E-state index contributed by atoms with van der Waals surface area (Å²) in [5.74, 6) is -0.537. The van der Waals surface area contributed by atoms with E-state index >= 15 is 0 Å². The van der Waals surface area contributed by atoms with Gasteiger partial charge in [-0.1, -0.05) is 115 Å².